The fourth-order valence-corrected chi connectivity index (χ4v) is 3.98. The van der Waals surface area contributed by atoms with Crippen LogP contribution in [0.1, 0.15) is 19.8 Å². The zero-order valence-electron chi connectivity index (χ0n) is 13.9. The zero-order valence-corrected chi connectivity index (χ0v) is 14.7. The normalized spacial score (nSPS) is 17.0. The van der Waals surface area contributed by atoms with Crippen LogP contribution < -0.4 is 15.8 Å². The van der Waals surface area contributed by atoms with Gasteiger partial charge in [-0.1, -0.05) is 0 Å². The molecule has 6 nitrogen and oxygen atoms in total. The topological polar surface area (TPSA) is 77.5 Å². The predicted molar refractivity (Wildman–Crippen MR) is 96.4 cm³/mol. The summed E-state index contributed by atoms with van der Waals surface area (Å²) in [7, 11) is 0. The van der Waals surface area contributed by atoms with E-state index in [2.05, 4.69) is 22.3 Å². The van der Waals surface area contributed by atoms with Gasteiger partial charge in [0.2, 0.25) is 4.96 Å². The average Bonchev–Trinajstić information content (AvgIpc) is 3.14. The maximum absolute atomic E-state index is 14.1. The van der Waals surface area contributed by atoms with Gasteiger partial charge in [0.1, 0.15) is 11.9 Å². The Hall–Kier alpha value is -2.19. The van der Waals surface area contributed by atoms with E-state index in [1.807, 2.05) is 0 Å². The minimum Gasteiger partial charge on any atom is -0.466 e. The third-order valence-electron chi connectivity index (χ3n) is 4.63. The fourth-order valence-electron chi connectivity index (χ4n) is 3.17. The van der Waals surface area contributed by atoms with Gasteiger partial charge in [-0.05, 0) is 68.3 Å². The highest BCUT2D eigenvalue weighted by Crippen LogP contribution is 2.29. The summed E-state index contributed by atoms with van der Waals surface area (Å²) in [4.78, 5) is 5.14. The van der Waals surface area contributed by atoms with E-state index in [-0.39, 0.29) is 11.9 Å². The lowest BCUT2D eigenvalue weighted by molar-refractivity contribution is 0.126. The van der Waals surface area contributed by atoms with E-state index in [0.717, 1.165) is 25.9 Å². The molecular weight excluding hydrogens is 341 g/mol. The predicted octanol–water partition coefficient (Wildman–Crippen LogP) is 2.95. The molecule has 3 heterocycles. The quantitative estimate of drug-likeness (QED) is 0.699. The van der Waals surface area contributed by atoms with Gasteiger partial charge in [0, 0.05) is 11.3 Å². The van der Waals surface area contributed by atoms with Gasteiger partial charge in [-0.25, -0.2) is 13.9 Å². The van der Waals surface area contributed by atoms with E-state index in [4.69, 9.17) is 10.5 Å². The molecule has 3 aromatic rings. The van der Waals surface area contributed by atoms with Crippen LogP contribution in [0.4, 0.5) is 10.1 Å². The highest BCUT2D eigenvalue weighted by Gasteiger charge is 2.23. The molecule has 0 radical (unpaired) electrons. The van der Waals surface area contributed by atoms with Crippen LogP contribution in [0.15, 0.2) is 24.4 Å². The summed E-state index contributed by atoms with van der Waals surface area (Å²) in [6.07, 6.45) is 4.06. The number of ether oxygens (including phenoxy) is 1. The first kappa shape index (κ1) is 16.3. The number of nitrogens with zero attached hydrogens (tertiary/aromatic N) is 3. The largest absolute Gasteiger partial charge is 0.466 e. The molecule has 0 spiro atoms. The number of rotatable bonds is 4. The number of hydrogen-bond acceptors (Lipinski definition) is 6. The van der Waals surface area contributed by atoms with E-state index >= 15 is 0 Å². The highest BCUT2D eigenvalue weighted by molar-refractivity contribution is 7.18. The number of nitrogens with one attached hydrogen (secondary N) is 1. The van der Waals surface area contributed by atoms with Gasteiger partial charge >= 0.3 is 0 Å². The third-order valence-corrected chi connectivity index (χ3v) is 5.44. The van der Waals surface area contributed by atoms with Gasteiger partial charge in [-0.3, -0.25) is 0 Å². The molecule has 1 atom stereocenters. The number of halogens is 1. The van der Waals surface area contributed by atoms with Crippen LogP contribution in [0.25, 0.3) is 16.2 Å². The Labute approximate surface area is 148 Å². The van der Waals surface area contributed by atoms with Crippen molar-refractivity contribution in [3.63, 3.8) is 0 Å². The second-order valence-corrected chi connectivity index (χ2v) is 7.29. The standard InChI is InChI=1S/C17H20FN5OS/c1-10(11-4-6-20-7-5-11)24-17-22-23-9-15(21-16(23)25-17)13-3-2-12(19)8-14(13)18/h2-3,8-11,20H,4-7,19H2,1H3. The van der Waals surface area contributed by atoms with Crippen LogP contribution in [0, 0.1) is 11.7 Å². The smallest absolute Gasteiger partial charge is 0.294 e. The highest BCUT2D eigenvalue weighted by atomic mass is 32.1. The second kappa shape index (κ2) is 6.61. The Morgan fingerprint density at radius 1 is 1.40 bits per heavy atom. The van der Waals surface area contributed by atoms with Crippen molar-refractivity contribution in [2.24, 2.45) is 5.92 Å². The van der Waals surface area contributed by atoms with E-state index in [0.29, 0.717) is 33.0 Å². The molecule has 0 bridgehead atoms. The van der Waals surface area contributed by atoms with Gasteiger partial charge in [0.05, 0.1) is 11.9 Å². The van der Waals surface area contributed by atoms with Crippen molar-refractivity contribution in [1.29, 1.82) is 0 Å². The van der Waals surface area contributed by atoms with Crippen molar-refractivity contribution in [2.75, 3.05) is 18.8 Å². The molecule has 0 amide bonds. The van der Waals surface area contributed by atoms with Crippen LogP contribution in [0.2, 0.25) is 0 Å². The molecule has 1 aliphatic rings. The van der Waals surface area contributed by atoms with Gasteiger partial charge in [0.15, 0.2) is 0 Å². The van der Waals surface area contributed by atoms with Crippen molar-refractivity contribution in [1.82, 2.24) is 19.9 Å². The minimum atomic E-state index is -0.387. The molecule has 132 valence electrons. The molecule has 0 saturated carbocycles. The number of benzene rings is 1. The first-order chi connectivity index (χ1) is 12.1. The lowest BCUT2D eigenvalue weighted by Crippen LogP contribution is -2.35. The minimum absolute atomic E-state index is 0.118. The molecule has 4 rings (SSSR count). The van der Waals surface area contributed by atoms with Crippen molar-refractivity contribution < 1.29 is 9.13 Å². The number of imidazole rings is 1. The summed E-state index contributed by atoms with van der Waals surface area (Å²) in [6, 6.07) is 4.59. The summed E-state index contributed by atoms with van der Waals surface area (Å²) in [5, 5.41) is 8.38. The Bertz CT molecular complexity index is 855. The number of nitrogen functional groups attached to an aromatic ring is 1. The SMILES string of the molecule is CC(Oc1nn2cc(-c3ccc(N)cc3F)nc2s1)C1CCNCC1. The number of aromatic nitrogens is 3. The maximum Gasteiger partial charge on any atom is 0.294 e. The number of nitrogens with two attached hydrogens (primary N) is 1. The maximum atomic E-state index is 14.1. The number of anilines is 1. The second-order valence-electron chi connectivity index (χ2n) is 6.37. The number of fused-ring (bicyclic) bond motifs is 1. The molecule has 1 aliphatic heterocycles. The lowest BCUT2D eigenvalue weighted by Gasteiger charge is -2.27. The first-order valence-electron chi connectivity index (χ1n) is 8.39. The van der Waals surface area contributed by atoms with Gasteiger partial charge in [-0.15, -0.1) is 5.10 Å². The molecule has 1 aromatic carbocycles. The molecule has 8 heteroatoms. The summed E-state index contributed by atoms with van der Waals surface area (Å²) in [5.41, 5.74) is 6.93. The summed E-state index contributed by atoms with van der Waals surface area (Å²) in [5.74, 6) is 0.152. The number of hydrogen-bond donors (Lipinski definition) is 2. The summed E-state index contributed by atoms with van der Waals surface area (Å²) in [6.45, 7) is 4.17. The Morgan fingerprint density at radius 3 is 2.92 bits per heavy atom. The van der Waals surface area contributed by atoms with Crippen LogP contribution in [0.3, 0.4) is 0 Å². The van der Waals surface area contributed by atoms with Crippen LogP contribution >= 0.6 is 11.3 Å². The van der Waals surface area contributed by atoms with E-state index in [1.165, 1.54) is 17.4 Å². The van der Waals surface area contributed by atoms with Crippen LogP contribution in [-0.2, 0) is 0 Å². The molecular formula is C17H20FN5OS. The Kier molecular flexibility index (Phi) is 4.30. The Morgan fingerprint density at radius 2 is 2.20 bits per heavy atom. The average molecular weight is 361 g/mol. The Balaban J connectivity index is 1.53. The van der Waals surface area contributed by atoms with Crippen molar-refractivity contribution in [3.8, 4) is 16.5 Å². The molecule has 0 aliphatic carbocycles. The van der Waals surface area contributed by atoms with Gasteiger partial charge < -0.3 is 15.8 Å². The fraction of sp³-hybridized carbons (Fsp3) is 0.412. The monoisotopic (exact) mass is 361 g/mol. The number of piperidine rings is 1. The van der Waals surface area contributed by atoms with E-state index in [1.54, 1.807) is 22.8 Å². The zero-order chi connectivity index (χ0) is 17.4. The van der Waals surface area contributed by atoms with E-state index in [9.17, 15) is 4.39 Å². The third kappa shape index (κ3) is 3.32. The molecule has 1 unspecified atom stereocenters. The molecule has 2 aromatic heterocycles. The first-order valence-corrected chi connectivity index (χ1v) is 9.21. The molecule has 1 fully saturated rings. The van der Waals surface area contributed by atoms with Gasteiger partial charge in [-0.2, -0.15) is 0 Å². The summed E-state index contributed by atoms with van der Waals surface area (Å²) < 4.78 is 21.7. The lowest BCUT2D eigenvalue weighted by atomic mass is 9.93. The van der Waals surface area contributed by atoms with Crippen LogP contribution in [-0.4, -0.2) is 33.8 Å². The molecule has 3 N–H and O–H groups in total. The van der Waals surface area contributed by atoms with Crippen LogP contribution in [0.5, 0.6) is 5.19 Å². The van der Waals surface area contributed by atoms with Crippen molar-refractivity contribution in [2.45, 2.75) is 25.9 Å². The van der Waals surface area contributed by atoms with Crippen molar-refractivity contribution >= 4 is 22.0 Å². The van der Waals surface area contributed by atoms with Crippen molar-refractivity contribution in [3.05, 3.63) is 30.2 Å². The molecule has 1 saturated heterocycles. The van der Waals surface area contributed by atoms with E-state index < -0.39 is 0 Å². The molecule has 25 heavy (non-hydrogen) atoms. The van der Waals surface area contributed by atoms with Gasteiger partial charge in [0.25, 0.3) is 5.19 Å². The summed E-state index contributed by atoms with van der Waals surface area (Å²) >= 11 is 1.37.